The molecule has 17 heavy (non-hydrogen) atoms. The molecule has 0 radical (unpaired) electrons. The number of nitrogens with two attached hydrogens (primary N) is 1. The van der Waals surface area contributed by atoms with Crippen LogP contribution in [0.2, 0.25) is 5.15 Å². The van der Waals surface area contributed by atoms with Crippen LogP contribution in [-0.4, -0.2) is 17.4 Å². The summed E-state index contributed by atoms with van der Waals surface area (Å²) in [5.74, 6) is 0.317. The Kier molecular flexibility index (Phi) is 5.88. The molecule has 0 spiro atoms. The van der Waals surface area contributed by atoms with Crippen molar-refractivity contribution in [3.8, 4) is 0 Å². The molecular weight excluding hydrogens is 305 g/mol. The van der Waals surface area contributed by atoms with E-state index in [1.807, 2.05) is 6.92 Å². The Morgan fingerprint density at radius 1 is 1.71 bits per heavy atom. The fraction of sp³-hybridized carbons (Fsp3) is 0.455. The fourth-order valence-electron chi connectivity index (χ4n) is 1.21. The number of anilines is 1. The summed E-state index contributed by atoms with van der Waals surface area (Å²) in [6.45, 7) is 2.62. The second kappa shape index (κ2) is 6.93. The van der Waals surface area contributed by atoms with Gasteiger partial charge in [0.15, 0.2) is 0 Å². The van der Waals surface area contributed by atoms with Crippen LogP contribution >= 0.6 is 27.5 Å². The zero-order valence-electron chi connectivity index (χ0n) is 9.54. The fourth-order valence-corrected chi connectivity index (χ4v) is 1.66. The van der Waals surface area contributed by atoms with E-state index >= 15 is 0 Å². The zero-order valence-corrected chi connectivity index (χ0v) is 11.9. The predicted molar refractivity (Wildman–Crippen MR) is 73.0 cm³/mol. The van der Waals surface area contributed by atoms with Crippen molar-refractivity contribution in [2.75, 3.05) is 11.9 Å². The van der Waals surface area contributed by atoms with Gasteiger partial charge in [0.25, 0.3) is 0 Å². The van der Waals surface area contributed by atoms with Crippen molar-refractivity contribution >= 4 is 39.1 Å². The topological polar surface area (TPSA) is 68.0 Å². The smallest absolute Gasteiger partial charge is 0.224 e. The van der Waals surface area contributed by atoms with Gasteiger partial charge >= 0.3 is 0 Å². The van der Waals surface area contributed by atoms with Crippen LogP contribution in [0.5, 0.6) is 0 Å². The number of hydrogen-bond donors (Lipinski definition) is 2. The van der Waals surface area contributed by atoms with Gasteiger partial charge < -0.3 is 11.1 Å². The first-order valence-corrected chi connectivity index (χ1v) is 6.51. The van der Waals surface area contributed by atoms with Crippen LogP contribution in [0, 0.1) is 5.92 Å². The summed E-state index contributed by atoms with van der Waals surface area (Å²) < 4.78 is 0.660. The van der Waals surface area contributed by atoms with E-state index in [0.29, 0.717) is 34.2 Å². The quantitative estimate of drug-likeness (QED) is 0.820. The number of rotatable bonds is 5. The molecule has 0 aromatic carbocycles. The molecular formula is C11H15BrClN3O. The minimum atomic E-state index is -0.0404. The molecule has 0 bridgehead atoms. The molecule has 1 unspecified atom stereocenters. The largest absolute Gasteiger partial charge is 0.330 e. The summed E-state index contributed by atoms with van der Waals surface area (Å²) in [6.07, 6.45) is 2.76. The Morgan fingerprint density at radius 2 is 2.41 bits per heavy atom. The SMILES string of the molecule is CC(CN)CCC(=O)Nc1cnc(Cl)c(Br)c1. The molecule has 1 aromatic heterocycles. The van der Waals surface area contributed by atoms with Gasteiger partial charge in [0, 0.05) is 6.42 Å². The lowest BCUT2D eigenvalue weighted by atomic mass is 10.1. The minimum absolute atomic E-state index is 0.0404. The average molecular weight is 321 g/mol. The molecule has 1 aromatic rings. The molecule has 3 N–H and O–H groups in total. The van der Waals surface area contributed by atoms with Crippen LogP contribution in [0.4, 0.5) is 5.69 Å². The van der Waals surface area contributed by atoms with Gasteiger partial charge in [0.2, 0.25) is 5.91 Å². The molecule has 1 rings (SSSR count). The third-order valence-corrected chi connectivity index (χ3v) is 3.48. The van der Waals surface area contributed by atoms with Gasteiger partial charge in [-0.05, 0) is 40.9 Å². The number of amides is 1. The second-order valence-electron chi connectivity index (χ2n) is 3.92. The summed E-state index contributed by atoms with van der Waals surface area (Å²) in [5.41, 5.74) is 6.12. The van der Waals surface area contributed by atoms with E-state index in [4.69, 9.17) is 17.3 Å². The standard InChI is InChI=1S/C11H15BrClN3O/c1-7(5-14)2-3-10(17)16-8-4-9(12)11(13)15-6-8/h4,6-7H,2-3,5,14H2,1H3,(H,16,17). The first-order chi connectivity index (χ1) is 8.02. The zero-order chi connectivity index (χ0) is 12.8. The lowest BCUT2D eigenvalue weighted by Gasteiger charge is -2.08. The molecule has 0 aliphatic heterocycles. The first kappa shape index (κ1) is 14.4. The maximum atomic E-state index is 11.6. The lowest BCUT2D eigenvalue weighted by Crippen LogP contribution is -2.16. The van der Waals surface area contributed by atoms with Crippen molar-refractivity contribution in [1.82, 2.24) is 4.98 Å². The summed E-state index contributed by atoms with van der Waals surface area (Å²) in [4.78, 5) is 15.5. The van der Waals surface area contributed by atoms with Gasteiger partial charge in [-0.1, -0.05) is 18.5 Å². The Balaban J connectivity index is 2.48. The van der Waals surface area contributed by atoms with Crippen molar-refractivity contribution in [2.45, 2.75) is 19.8 Å². The summed E-state index contributed by atoms with van der Waals surface area (Å²) >= 11 is 9.00. The summed E-state index contributed by atoms with van der Waals surface area (Å²) in [5, 5.41) is 3.13. The molecule has 0 aliphatic rings. The van der Waals surface area contributed by atoms with Crippen molar-refractivity contribution < 1.29 is 4.79 Å². The highest BCUT2D eigenvalue weighted by Crippen LogP contribution is 2.22. The van der Waals surface area contributed by atoms with Crippen molar-refractivity contribution in [3.05, 3.63) is 21.9 Å². The lowest BCUT2D eigenvalue weighted by molar-refractivity contribution is -0.116. The highest BCUT2D eigenvalue weighted by atomic mass is 79.9. The van der Waals surface area contributed by atoms with E-state index < -0.39 is 0 Å². The Morgan fingerprint density at radius 3 is 3.00 bits per heavy atom. The Bertz CT molecular complexity index is 400. The van der Waals surface area contributed by atoms with Crippen molar-refractivity contribution in [1.29, 1.82) is 0 Å². The van der Waals surface area contributed by atoms with Crippen LogP contribution < -0.4 is 11.1 Å². The molecule has 1 heterocycles. The van der Waals surface area contributed by atoms with Gasteiger partial charge in [0.1, 0.15) is 5.15 Å². The normalized spacial score (nSPS) is 12.2. The van der Waals surface area contributed by atoms with E-state index in [2.05, 4.69) is 26.2 Å². The van der Waals surface area contributed by atoms with E-state index in [9.17, 15) is 4.79 Å². The number of nitrogens with zero attached hydrogens (tertiary/aromatic N) is 1. The average Bonchev–Trinajstić information content (AvgIpc) is 2.31. The Hall–Kier alpha value is -0.650. The van der Waals surface area contributed by atoms with Crippen molar-refractivity contribution in [2.24, 2.45) is 11.7 Å². The molecule has 94 valence electrons. The van der Waals surface area contributed by atoms with Gasteiger partial charge in [-0.15, -0.1) is 0 Å². The third kappa shape index (κ3) is 5.02. The Labute approximate surface area is 114 Å². The summed E-state index contributed by atoms with van der Waals surface area (Å²) in [6, 6.07) is 1.72. The highest BCUT2D eigenvalue weighted by Gasteiger charge is 2.07. The highest BCUT2D eigenvalue weighted by molar-refractivity contribution is 9.10. The molecule has 4 nitrogen and oxygen atoms in total. The van der Waals surface area contributed by atoms with Gasteiger partial charge in [-0.25, -0.2) is 4.98 Å². The predicted octanol–water partition coefficient (Wildman–Crippen LogP) is 2.81. The van der Waals surface area contributed by atoms with Gasteiger partial charge in [-0.3, -0.25) is 4.79 Å². The third-order valence-electron chi connectivity index (χ3n) is 2.35. The number of carbonyl (C=O) groups excluding carboxylic acids is 1. The van der Waals surface area contributed by atoms with Crippen LogP contribution in [0.15, 0.2) is 16.7 Å². The maximum absolute atomic E-state index is 11.6. The van der Waals surface area contributed by atoms with E-state index in [1.54, 1.807) is 6.07 Å². The molecule has 0 aliphatic carbocycles. The van der Waals surface area contributed by atoms with E-state index in [-0.39, 0.29) is 5.91 Å². The number of halogens is 2. The number of carbonyl (C=O) groups is 1. The monoisotopic (exact) mass is 319 g/mol. The second-order valence-corrected chi connectivity index (χ2v) is 5.14. The van der Waals surface area contributed by atoms with Crippen LogP contribution in [-0.2, 0) is 4.79 Å². The van der Waals surface area contributed by atoms with Crippen LogP contribution in [0.3, 0.4) is 0 Å². The van der Waals surface area contributed by atoms with Crippen LogP contribution in [0.25, 0.3) is 0 Å². The first-order valence-electron chi connectivity index (χ1n) is 5.34. The molecule has 0 saturated carbocycles. The number of pyridine rings is 1. The molecule has 0 saturated heterocycles. The molecule has 1 atom stereocenters. The molecule has 6 heteroatoms. The molecule has 0 fully saturated rings. The number of hydrogen-bond acceptors (Lipinski definition) is 3. The van der Waals surface area contributed by atoms with E-state index in [0.717, 1.165) is 6.42 Å². The van der Waals surface area contributed by atoms with E-state index in [1.165, 1.54) is 6.20 Å². The summed E-state index contributed by atoms with van der Waals surface area (Å²) in [7, 11) is 0. The van der Waals surface area contributed by atoms with Crippen molar-refractivity contribution in [3.63, 3.8) is 0 Å². The maximum Gasteiger partial charge on any atom is 0.224 e. The number of nitrogens with one attached hydrogen (secondary N) is 1. The van der Waals surface area contributed by atoms with Crippen LogP contribution in [0.1, 0.15) is 19.8 Å². The van der Waals surface area contributed by atoms with Gasteiger partial charge in [0.05, 0.1) is 16.4 Å². The molecule has 1 amide bonds. The minimum Gasteiger partial charge on any atom is -0.330 e. The number of aromatic nitrogens is 1. The van der Waals surface area contributed by atoms with Gasteiger partial charge in [-0.2, -0.15) is 0 Å².